The number of hydrogen-bond donors (Lipinski definition) is 1. The van der Waals surface area contributed by atoms with Crippen LogP contribution in [-0.2, 0) is 11.2 Å². The lowest BCUT2D eigenvalue weighted by Crippen LogP contribution is -2.50. The van der Waals surface area contributed by atoms with Gasteiger partial charge in [0.2, 0.25) is 5.91 Å². The number of aryl methyl sites for hydroxylation is 1. The molecule has 3 aromatic rings. The van der Waals surface area contributed by atoms with Crippen molar-refractivity contribution in [2.45, 2.75) is 32.0 Å². The van der Waals surface area contributed by atoms with Crippen molar-refractivity contribution in [1.29, 1.82) is 0 Å². The lowest BCUT2D eigenvalue weighted by Gasteiger charge is -2.32. The van der Waals surface area contributed by atoms with Crippen LogP contribution in [0.3, 0.4) is 0 Å². The SMILES string of the molecule is Cc1nnc(-c2ccc3cnc(CC(=O)N4CC[C@H](N)[C@@H](F)C4)cc3c2)s1. The molecule has 2 atom stereocenters. The summed E-state index contributed by atoms with van der Waals surface area (Å²) in [5.41, 5.74) is 7.34. The molecule has 6 nitrogen and oxygen atoms in total. The summed E-state index contributed by atoms with van der Waals surface area (Å²) in [4.78, 5) is 18.4. The molecule has 0 radical (unpaired) electrons. The Morgan fingerprint density at radius 2 is 2.19 bits per heavy atom. The normalized spacial score (nSPS) is 20.2. The smallest absolute Gasteiger partial charge is 0.228 e. The number of nitrogens with two attached hydrogens (primary N) is 1. The maximum atomic E-state index is 13.8. The fourth-order valence-electron chi connectivity index (χ4n) is 3.25. The molecule has 8 heteroatoms. The number of piperidine rings is 1. The van der Waals surface area contributed by atoms with Crippen molar-refractivity contribution < 1.29 is 9.18 Å². The zero-order valence-electron chi connectivity index (χ0n) is 14.9. The van der Waals surface area contributed by atoms with Crippen molar-refractivity contribution in [3.05, 3.63) is 41.2 Å². The summed E-state index contributed by atoms with van der Waals surface area (Å²) >= 11 is 1.54. The van der Waals surface area contributed by atoms with E-state index in [1.165, 1.54) is 11.3 Å². The van der Waals surface area contributed by atoms with Gasteiger partial charge in [-0.15, -0.1) is 10.2 Å². The topological polar surface area (TPSA) is 85.0 Å². The average molecular weight is 385 g/mol. The predicted octanol–water partition coefficient (Wildman–Crippen LogP) is 2.50. The van der Waals surface area contributed by atoms with Crippen LogP contribution in [0, 0.1) is 6.92 Å². The van der Waals surface area contributed by atoms with Gasteiger partial charge in [-0.2, -0.15) is 0 Å². The first-order valence-electron chi connectivity index (χ1n) is 8.86. The predicted molar refractivity (Wildman–Crippen MR) is 103 cm³/mol. The molecule has 0 aliphatic carbocycles. The number of nitrogens with zero attached hydrogens (tertiary/aromatic N) is 4. The Balaban J connectivity index is 1.54. The summed E-state index contributed by atoms with van der Waals surface area (Å²) in [6.07, 6.45) is 1.24. The van der Waals surface area contributed by atoms with Gasteiger partial charge in [-0.25, -0.2) is 4.39 Å². The van der Waals surface area contributed by atoms with Gasteiger partial charge in [0.25, 0.3) is 0 Å². The van der Waals surface area contributed by atoms with Crippen molar-refractivity contribution in [2.24, 2.45) is 5.73 Å². The molecule has 0 spiro atoms. The van der Waals surface area contributed by atoms with Gasteiger partial charge in [0, 0.05) is 29.7 Å². The zero-order valence-corrected chi connectivity index (χ0v) is 15.7. The molecule has 1 aliphatic heterocycles. The van der Waals surface area contributed by atoms with E-state index in [2.05, 4.69) is 15.2 Å². The van der Waals surface area contributed by atoms with Crippen LogP contribution in [0.1, 0.15) is 17.1 Å². The molecule has 27 heavy (non-hydrogen) atoms. The number of hydrogen-bond acceptors (Lipinski definition) is 6. The zero-order chi connectivity index (χ0) is 19.0. The van der Waals surface area contributed by atoms with E-state index in [9.17, 15) is 9.18 Å². The van der Waals surface area contributed by atoms with E-state index >= 15 is 0 Å². The van der Waals surface area contributed by atoms with Crippen molar-refractivity contribution in [3.63, 3.8) is 0 Å². The largest absolute Gasteiger partial charge is 0.339 e. The highest BCUT2D eigenvalue weighted by Crippen LogP contribution is 2.27. The molecule has 3 heterocycles. The van der Waals surface area contributed by atoms with Crippen molar-refractivity contribution in [3.8, 4) is 10.6 Å². The molecule has 0 saturated carbocycles. The minimum absolute atomic E-state index is 0.0636. The van der Waals surface area contributed by atoms with E-state index in [1.54, 1.807) is 11.1 Å². The molecule has 1 aromatic carbocycles. The molecule has 140 valence electrons. The number of alkyl halides is 1. The molecule has 0 bridgehead atoms. The maximum Gasteiger partial charge on any atom is 0.228 e. The van der Waals surface area contributed by atoms with Gasteiger partial charge < -0.3 is 10.6 Å². The second-order valence-corrected chi connectivity index (χ2v) is 8.03. The van der Waals surface area contributed by atoms with Crippen LogP contribution in [0.15, 0.2) is 30.5 Å². The monoisotopic (exact) mass is 385 g/mol. The number of benzene rings is 1. The molecule has 1 aliphatic rings. The van der Waals surface area contributed by atoms with E-state index < -0.39 is 12.2 Å². The number of carbonyl (C=O) groups excluding carboxylic acids is 1. The van der Waals surface area contributed by atoms with Crippen LogP contribution in [0.5, 0.6) is 0 Å². The lowest BCUT2D eigenvalue weighted by atomic mass is 10.0. The van der Waals surface area contributed by atoms with E-state index in [4.69, 9.17) is 5.73 Å². The van der Waals surface area contributed by atoms with Gasteiger partial charge in [-0.3, -0.25) is 9.78 Å². The molecular formula is C19H20FN5OS. The minimum Gasteiger partial charge on any atom is -0.339 e. The third-order valence-electron chi connectivity index (χ3n) is 4.83. The number of fused-ring (bicyclic) bond motifs is 1. The summed E-state index contributed by atoms with van der Waals surface area (Å²) in [7, 11) is 0. The molecule has 2 aromatic heterocycles. The Morgan fingerprint density at radius 1 is 1.33 bits per heavy atom. The number of amides is 1. The summed E-state index contributed by atoms with van der Waals surface area (Å²) < 4.78 is 13.8. The molecular weight excluding hydrogens is 365 g/mol. The number of rotatable bonds is 3. The number of carbonyl (C=O) groups is 1. The Bertz CT molecular complexity index is 991. The van der Waals surface area contributed by atoms with Crippen LogP contribution in [0.4, 0.5) is 4.39 Å². The van der Waals surface area contributed by atoms with Crippen LogP contribution in [0.2, 0.25) is 0 Å². The molecule has 0 unspecified atom stereocenters. The van der Waals surface area contributed by atoms with Crippen molar-refractivity contribution >= 4 is 28.0 Å². The Hall–Kier alpha value is -2.45. The Labute approximate surface area is 160 Å². The van der Waals surface area contributed by atoms with E-state index in [-0.39, 0.29) is 18.9 Å². The third-order valence-corrected chi connectivity index (χ3v) is 5.72. The van der Waals surface area contributed by atoms with Gasteiger partial charge >= 0.3 is 0 Å². The van der Waals surface area contributed by atoms with Crippen LogP contribution >= 0.6 is 11.3 Å². The van der Waals surface area contributed by atoms with Crippen molar-refractivity contribution in [2.75, 3.05) is 13.1 Å². The first kappa shape index (κ1) is 17.9. The lowest BCUT2D eigenvalue weighted by molar-refractivity contribution is -0.132. The Morgan fingerprint density at radius 3 is 2.93 bits per heavy atom. The fourth-order valence-corrected chi connectivity index (χ4v) is 3.93. The molecule has 4 rings (SSSR count). The summed E-state index contributed by atoms with van der Waals surface area (Å²) in [5.74, 6) is -0.118. The van der Waals surface area contributed by atoms with Crippen molar-refractivity contribution in [1.82, 2.24) is 20.1 Å². The van der Waals surface area contributed by atoms with Gasteiger partial charge in [-0.1, -0.05) is 23.5 Å². The van der Waals surface area contributed by atoms with E-state index in [0.29, 0.717) is 18.7 Å². The molecule has 2 N–H and O–H groups in total. The molecule has 1 fully saturated rings. The third kappa shape index (κ3) is 3.81. The highest BCUT2D eigenvalue weighted by Gasteiger charge is 2.29. The van der Waals surface area contributed by atoms with Gasteiger partial charge in [0.1, 0.15) is 16.2 Å². The quantitative estimate of drug-likeness (QED) is 0.749. The highest BCUT2D eigenvalue weighted by molar-refractivity contribution is 7.14. The fraction of sp³-hybridized carbons (Fsp3) is 0.368. The summed E-state index contributed by atoms with van der Waals surface area (Å²) in [6, 6.07) is 7.44. The van der Waals surface area contributed by atoms with Gasteiger partial charge in [-0.05, 0) is 30.9 Å². The van der Waals surface area contributed by atoms with Gasteiger partial charge in [0.05, 0.1) is 18.7 Å². The van der Waals surface area contributed by atoms with Crippen LogP contribution < -0.4 is 5.73 Å². The Kier molecular flexibility index (Phi) is 4.84. The number of aromatic nitrogens is 3. The first-order valence-corrected chi connectivity index (χ1v) is 9.68. The number of pyridine rings is 1. The molecule has 1 amide bonds. The maximum absolute atomic E-state index is 13.8. The summed E-state index contributed by atoms with van der Waals surface area (Å²) in [6.45, 7) is 2.48. The standard InChI is InChI=1S/C19H20FN5OS/c1-11-23-24-19(27-11)12-2-3-13-9-22-15(7-14(13)6-12)8-18(26)25-5-4-17(21)16(20)10-25/h2-3,6-7,9,16-17H,4-5,8,10,21H2,1H3/t16-,17-/m0/s1. The first-order chi connectivity index (χ1) is 13.0. The summed E-state index contributed by atoms with van der Waals surface area (Å²) in [5, 5.41) is 12.0. The van der Waals surface area contributed by atoms with E-state index in [1.807, 2.05) is 31.2 Å². The van der Waals surface area contributed by atoms with Crippen LogP contribution in [0.25, 0.3) is 21.3 Å². The molecule has 1 saturated heterocycles. The number of halogens is 1. The highest BCUT2D eigenvalue weighted by atomic mass is 32.1. The second kappa shape index (κ2) is 7.28. The van der Waals surface area contributed by atoms with Crippen LogP contribution in [-0.4, -0.2) is 51.3 Å². The average Bonchev–Trinajstić information content (AvgIpc) is 3.09. The minimum atomic E-state index is -1.16. The van der Waals surface area contributed by atoms with Gasteiger partial charge in [0.15, 0.2) is 0 Å². The second-order valence-electron chi connectivity index (χ2n) is 6.85. The number of likely N-dealkylation sites (tertiary alicyclic amines) is 1. The van der Waals surface area contributed by atoms with E-state index in [0.717, 1.165) is 26.4 Å².